The Hall–Kier alpha value is 0.210. The molecule has 0 amide bonds. The summed E-state index contributed by atoms with van der Waals surface area (Å²) in [7, 11) is 0. The molecular formula is C8H20ClNO. The lowest BCUT2D eigenvalue weighted by Crippen LogP contribution is -2.27. The molecule has 0 aliphatic heterocycles. The lowest BCUT2D eigenvalue weighted by atomic mass is 9.96. The van der Waals surface area contributed by atoms with Crippen LogP contribution in [0.3, 0.4) is 0 Å². The number of aliphatic hydroxyl groups excluding tert-OH is 1. The maximum absolute atomic E-state index is 8.65. The monoisotopic (exact) mass is 181 g/mol. The van der Waals surface area contributed by atoms with Crippen LogP contribution < -0.4 is 5.73 Å². The van der Waals surface area contributed by atoms with E-state index < -0.39 is 0 Å². The molecule has 0 saturated carbocycles. The topological polar surface area (TPSA) is 46.2 Å². The van der Waals surface area contributed by atoms with E-state index in [0.717, 1.165) is 6.42 Å². The van der Waals surface area contributed by atoms with E-state index in [4.69, 9.17) is 10.8 Å². The van der Waals surface area contributed by atoms with E-state index in [2.05, 4.69) is 13.8 Å². The largest absolute Gasteiger partial charge is 0.395 e. The summed E-state index contributed by atoms with van der Waals surface area (Å²) in [5, 5.41) is 8.65. The molecule has 70 valence electrons. The minimum atomic E-state index is -0.00935. The Kier molecular flexibility index (Phi) is 10.4. The van der Waals surface area contributed by atoms with Crippen LogP contribution in [0.4, 0.5) is 0 Å². The van der Waals surface area contributed by atoms with Crippen LogP contribution in [0.15, 0.2) is 0 Å². The SMILES string of the molecule is CCC(CC)CC(N)CO.Cl. The molecule has 0 saturated heterocycles. The summed E-state index contributed by atoms with van der Waals surface area (Å²) >= 11 is 0. The first kappa shape index (κ1) is 13.8. The molecule has 0 rings (SSSR count). The predicted octanol–water partition coefficient (Wildman–Crippen LogP) is 1.55. The Morgan fingerprint density at radius 3 is 2.00 bits per heavy atom. The molecule has 3 heteroatoms. The third-order valence-corrected chi connectivity index (χ3v) is 2.03. The van der Waals surface area contributed by atoms with E-state index in [-0.39, 0.29) is 25.1 Å². The molecule has 0 fully saturated rings. The van der Waals surface area contributed by atoms with Crippen LogP contribution in [0.25, 0.3) is 0 Å². The van der Waals surface area contributed by atoms with Gasteiger partial charge in [0, 0.05) is 6.04 Å². The highest BCUT2D eigenvalue weighted by Gasteiger charge is 2.08. The van der Waals surface area contributed by atoms with E-state index in [9.17, 15) is 0 Å². The summed E-state index contributed by atoms with van der Waals surface area (Å²) in [6.45, 7) is 4.45. The number of halogens is 1. The number of aliphatic hydroxyl groups is 1. The van der Waals surface area contributed by atoms with Crippen LogP contribution >= 0.6 is 12.4 Å². The first-order valence-electron chi connectivity index (χ1n) is 4.11. The van der Waals surface area contributed by atoms with Gasteiger partial charge in [-0.15, -0.1) is 12.4 Å². The minimum absolute atomic E-state index is 0. The summed E-state index contributed by atoms with van der Waals surface area (Å²) in [5.74, 6) is 0.696. The molecule has 0 radical (unpaired) electrons. The third-order valence-electron chi connectivity index (χ3n) is 2.03. The summed E-state index contributed by atoms with van der Waals surface area (Å²) in [6.07, 6.45) is 3.30. The number of hydrogen-bond donors (Lipinski definition) is 2. The Labute approximate surface area is 75.6 Å². The van der Waals surface area contributed by atoms with Crippen LogP contribution in [0.2, 0.25) is 0 Å². The first-order valence-corrected chi connectivity index (χ1v) is 4.11. The van der Waals surface area contributed by atoms with Gasteiger partial charge in [0.05, 0.1) is 6.61 Å². The van der Waals surface area contributed by atoms with Crippen molar-refractivity contribution in [1.82, 2.24) is 0 Å². The Balaban J connectivity index is 0. The molecule has 11 heavy (non-hydrogen) atoms. The number of hydrogen-bond acceptors (Lipinski definition) is 2. The van der Waals surface area contributed by atoms with Crippen LogP contribution in [-0.2, 0) is 0 Å². The summed E-state index contributed by atoms with van der Waals surface area (Å²) in [6, 6.07) is -0.00935. The molecule has 0 aromatic heterocycles. The lowest BCUT2D eigenvalue weighted by molar-refractivity contribution is 0.241. The standard InChI is InChI=1S/C8H19NO.ClH/c1-3-7(4-2)5-8(9)6-10;/h7-8,10H,3-6,9H2,1-2H3;1H. The number of nitrogens with two attached hydrogens (primary N) is 1. The van der Waals surface area contributed by atoms with Gasteiger partial charge < -0.3 is 10.8 Å². The van der Waals surface area contributed by atoms with E-state index in [1.165, 1.54) is 12.8 Å². The van der Waals surface area contributed by atoms with Gasteiger partial charge in [0.1, 0.15) is 0 Å². The van der Waals surface area contributed by atoms with Gasteiger partial charge in [-0.05, 0) is 12.3 Å². The van der Waals surface area contributed by atoms with Crippen LogP contribution in [0, 0.1) is 5.92 Å². The van der Waals surface area contributed by atoms with Gasteiger partial charge >= 0.3 is 0 Å². The highest BCUT2D eigenvalue weighted by Crippen LogP contribution is 2.13. The third kappa shape index (κ3) is 6.60. The summed E-state index contributed by atoms with van der Waals surface area (Å²) < 4.78 is 0. The van der Waals surface area contributed by atoms with Crippen molar-refractivity contribution in [1.29, 1.82) is 0 Å². The second kappa shape index (κ2) is 8.31. The van der Waals surface area contributed by atoms with Crippen LogP contribution in [0.1, 0.15) is 33.1 Å². The van der Waals surface area contributed by atoms with Gasteiger partial charge in [-0.3, -0.25) is 0 Å². The zero-order chi connectivity index (χ0) is 7.98. The zero-order valence-corrected chi connectivity index (χ0v) is 8.23. The molecule has 0 aromatic rings. The lowest BCUT2D eigenvalue weighted by Gasteiger charge is -2.15. The van der Waals surface area contributed by atoms with Crippen LogP contribution in [-0.4, -0.2) is 17.8 Å². The maximum atomic E-state index is 8.65. The fourth-order valence-electron chi connectivity index (χ4n) is 1.12. The van der Waals surface area contributed by atoms with Gasteiger partial charge in [0.2, 0.25) is 0 Å². The van der Waals surface area contributed by atoms with Crippen molar-refractivity contribution in [2.75, 3.05) is 6.61 Å². The Bertz CT molecular complexity index is 76.5. The molecule has 0 aromatic carbocycles. The van der Waals surface area contributed by atoms with E-state index in [0.29, 0.717) is 5.92 Å². The average molecular weight is 182 g/mol. The molecule has 3 N–H and O–H groups in total. The fraction of sp³-hybridized carbons (Fsp3) is 1.00. The first-order chi connectivity index (χ1) is 4.74. The highest BCUT2D eigenvalue weighted by molar-refractivity contribution is 5.85. The second-order valence-corrected chi connectivity index (χ2v) is 2.86. The fourth-order valence-corrected chi connectivity index (χ4v) is 1.12. The van der Waals surface area contributed by atoms with Crippen molar-refractivity contribution in [2.24, 2.45) is 11.7 Å². The van der Waals surface area contributed by atoms with Crippen LogP contribution in [0.5, 0.6) is 0 Å². The van der Waals surface area contributed by atoms with Crippen molar-refractivity contribution in [3.63, 3.8) is 0 Å². The minimum Gasteiger partial charge on any atom is -0.395 e. The quantitative estimate of drug-likeness (QED) is 0.676. The van der Waals surface area contributed by atoms with Crippen molar-refractivity contribution in [3.05, 3.63) is 0 Å². The molecule has 0 spiro atoms. The van der Waals surface area contributed by atoms with Crippen molar-refractivity contribution in [2.45, 2.75) is 39.2 Å². The van der Waals surface area contributed by atoms with Gasteiger partial charge in [0.25, 0.3) is 0 Å². The van der Waals surface area contributed by atoms with Crippen molar-refractivity contribution in [3.8, 4) is 0 Å². The second-order valence-electron chi connectivity index (χ2n) is 2.86. The van der Waals surface area contributed by atoms with Crippen molar-refractivity contribution < 1.29 is 5.11 Å². The Morgan fingerprint density at radius 1 is 1.27 bits per heavy atom. The molecule has 0 heterocycles. The predicted molar refractivity (Wildman–Crippen MR) is 51.0 cm³/mol. The normalized spacial score (nSPS) is 12.8. The van der Waals surface area contributed by atoms with Gasteiger partial charge in [0.15, 0.2) is 0 Å². The van der Waals surface area contributed by atoms with E-state index >= 15 is 0 Å². The zero-order valence-electron chi connectivity index (χ0n) is 7.42. The van der Waals surface area contributed by atoms with Gasteiger partial charge in [-0.25, -0.2) is 0 Å². The van der Waals surface area contributed by atoms with E-state index in [1.54, 1.807) is 0 Å². The number of rotatable bonds is 5. The highest BCUT2D eigenvalue weighted by atomic mass is 35.5. The molecule has 1 unspecified atom stereocenters. The molecule has 0 aliphatic carbocycles. The van der Waals surface area contributed by atoms with Crippen molar-refractivity contribution >= 4 is 12.4 Å². The van der Waals surface area contributed by atoms with E-state index in [1.807, 2.05) is 0 Å². The Morgan fingerprint density at radius 2 is 1.73 bits per heavy atom. The molecule has 0 aliphatic rings. The molecular weight excluding hydrogens is 162 g/mol. The van der Waals surface area contributed by atoms with Gasteiger partial charge in [-0.1, -0.05) is 26.7 Å². The molecule has 1 atom stereocenters. The summed E-state index contributed by atoms with van der Waals surface area (Å²) in [5.41, 5.74) is 5.58. The smallest absolute Gasteiger partial charge is 0.0582 e. The maximum Gasteiger partial charge on any atom is 0.0582 e. The molecule has 0 bridgehead atoms. The summed E-state index contributed by atoms with van der Waals surface area (Å²) in [4.78, 5) is 0. The average Bonchev–Trinajstić information content (AvgIpc) is 1.99. The van der Waals surface area contributed by atoms with Gasteiger partial charge in [-0.2, -0.15) is 0 Å². The molecule has 2 nitrogen and oxygen atoms in total.